The third kappa shape index (κ3) is 8.79. The number of nitrogens with one attached hydrogen (secondary N) is 1. The van der Waals surface area contributed by atoms with Crippen molar-refractivity contribution in [3.63, 3.8) is 0 Å². The smallest absolute Gasteiger partial charge is 0.416 e. The van der Waals surface area contributed by atoms with E-state index in [2.05, 4.69) is 18.1 Å². The van der Waals surface area contributed by atoms with Crippen molar-refractivity contribution in [3.05, 3.63) is 72.9 Å². The second-order valence-electron chi connectivity index (χ2n) is 7.46. The maximum atomic E-state index is 12.9. The number of rotatable bonds is 13. The van der Waals surface area contributed by atoms with Crippen molar-refractivity contribution in [3.8, 4) is 0 Å². The second-order valence-corrected chi connectivity index (χ2v) is 7.46. The van der Waals surface area contributed by atoms with Gasteiger partial charge in [0.25, 0.3) is 0 Å². The van der Waals surface area contributed by atoms with E-state index >= 15 is 0 Å². The molecule has 1 atom stereocenters. The summed E-state index contributed by atoms with van der Waals surface area (Å²) < 4.78 is 44.4. The Morgan fingerprint density at radius 2 is 2.06 bits per heavy atom. The van der Waals surface area contributed by atoms with E-state index in [1.165, 1.54) is 25.3 Å². The van der Waals surface area contributed by atoms with Crippen molar-refractivity contribution in [2.24, 2.45) is 11.7 Å². The number of nitrogens with zero attached hydrogens (tertiary/aromatic N) is 1. The minimum Gasteiger partial charge on any atom is -0.448 e. The monoisotopic (exact) mass is 439 g/mol. The van der Waals surface area contributed by atoms with Crippen molar-refractivity contribution in [1.82, 2.24) is 10.4 Å². The van der Waals surface area contributed by atoms with Crippen LogP contribution in [0.5, 0.6) is 0 Å². The van der Waals surface area contributed by atoms with Gasteiger partial charge in [0.15, 0.2) is 0 Å². The first-order valence-electron chi connectivity index (χ1n) is 10.7. The molecule has 174 valence electrons. The molecule has 0 bridgehead atoms. The van der Waals surface area contributed by atoms with Crippen LogP contribution in [-0.2, 0) is 4.74 Å². The third-order valence-corrected chi connectivity index (χ3v) is 5.31. The Bertz CT molecular complexity index is 697. The number of hydrogen-bond donors (Lipinski definition) is 2. The Hall–Kier alpha value is -2.25. The zero-order valence-corrected chi connectivity index (χ0v) is 18.8. The summed E-state index contributed by atoms with van der Waals surface area (Å²) >= 11 is 0. The lowest BCUT2D eigenvalue weighted by Crippen LogP contribution is -2.52. The van der Waals surface area contributed by atoms with Gasteiger partial charge in [0, 0.05) is 19.1 Å². The molecule has 7 heteroatoms. The van der Waals surface area contributed by atoms with E-state index in [1.807, 2.05) is 25.2 Å². The van der Waals surface area contributed by atoms with E-state index in [-0.39, 0.29) is 11.5 Å². The fourth-order valence-electron chi connectivity index (χ4n) is 3.37. The van der Waals surface area contributed by atoms with E-state index in [0.717, 1.165) is 37.8 Å². The van der Waals surface area contributed by atoms with Crippen molar-refractivity contribution < 1.29 is 17.9 Å². The molecule has 0 aliphatic heterocycles. The first kappa shape index (κ1) is 26.8. The SMILES string of the molecule is C=CCC(/C=C/C/C=C(/O/C=C/C=C(\C=C/C)C(F)(F)F)N(CC)NC)C1(N)CCC1. The summed E-state index contributed by atoms with van der Waals surface area (Å²) in [7, 11) is 1.75. The minimum atomic E-state index is -4.41. The van der Waals surface area contributed by atoms with Gasteiger partial charge in [-0.25, -0.2) is 5.43 Å². The maximum Gasteiger partial charge on any atom is 0.416 e. The van der Waals surface area contributed by atoms with E-state index < -0.39 is 11.7 Å². The third-order valence-electron chi connectivity index (χ3n) is 5.31. The summed E-state index contributed by atoms with van der Waals surface area (Å²) in [6, 6.07) is 0. The molecule has 4 nitrogen and oxygen atoms in total. The van der Waals surface area contributed by atoms with Crippen LogP contribution in [0.1, 0.15) is 46.0 Å². The summed E-state index contributed by atoms with van der Waals surface area (Å²) in [5.41, 5.74) is 8.58. The highest BCUT2D eigenvalue weighted by molar-refractivity contribution is 5.27. The van der Waals surface area contributed by atoms with Gasteiger partial charge in [0.2, 0.25) is 5.88 Å². The van der Waals surface area contributed by atoms with Crippen LogP contribution in [0.2, 0.25) is 0 Å². The fraction of sp³-hybridized carbons (Fsp3) is 0.500. The quantitative estimate of drug-likeness (QED) is 0.162. The summed E-state index contributed by atoms with van der Waals surface area (Å²) in [5, 5.41) is 1.76. The zero-order chi connectivity index (χ0) is 23.3. The Labute approximate surface area is 184 Å². The highest BCUT2D eigenvalue weighted by Gasteiger charge is 2.38. The van der Waals surface area contributed by atoms with Gasteiger partial charge in [-0.05, 0) is 70.1 Å². The van der Waals surface area contributed by atoms with Crippen LogP contribution in [-0.4, -0.2) is 30.3 Å². The van der Waals surface area contributed by atoms with Gasteiger partial charge in [-0.2, -0.15) is 13.2 Å². The molecule has 0 spiro atoms. The van der Waals surface area contributed by atoms with Crippen molar-refractivity contribution in [1.29, 1.82) is 0 Å². The number of nitrogens with two attached hydrogens (primary N) is 1. The first-order chi connectivity index (χ1) is 14.7. The summed E-state index contributed by atoms with van der Waals surface area (Å²) in [4.78, 5) is 0. The molecule has 1 aliphatic carbocycles. The van der Waals surface area contributed by atoms with Crippen LogP contribution in [0.4, 0.5) is 13.2 Å². The molecule has 1 rings (SSSR count). The average molecular weight is 440 g/mol. The molecule has 1 fully saturated rings. The van der Waals surface area contributed by atoms with Crippen LogP contribution in [0, 0.1) is 5.92 Å². The summed E-state index contributed by atoms with van der Waals surface area (Å²) in [6.45, 7) is 7.93. The number of hydrogen-bond acceptors (Lipinski definition) is 4. The molecule has 1 saturated carbocycles. The number of ether oxygens (including phenoxy) is 1. The molecule has 0 aromatic rings. The molecule has 1 aliphatic rings. The molecule has 3 N–H and O–H groups in total. The fourth-order valence-corrected chi connectivity index (χ4v) is 3.37. The molecule has 0 aromatic heterocycles. The number of halogens is 3. The average Bonchev–Trinajstić information content (AvgIpc) is 2.70. The highest BCUT2D eigenvalue weighted by atomic mass is 19.4. The van der Waals surface area contributed by atoms with Gasteiger partial charge in [-0.1, -0.05) is 30.4 Å². The predicted octanol–water partition coefficient (Wildman–Crippen LogP) is 5.90. The van der Waals surface area contributed by atoms with Gasteiger partial charge in [-0.15, -0.1) is 6.58 Å². The Kier molecular flexibility index (Phi) is 11.4. The lowest BCUT2D eigenvalue weighted by Gasteiger charge is -2.43. The molecular formula is C24H36F3N3O. The van der Waals surface area contributed by atoms with Crippen LogP contribution in [0.3, 0.4) is 0 Å². The maximum absolute atomic E-state index is 12.9. The Morgan fingerprint density at radius 3 is 2.55 bits per heavy atom. The topological polar surface area (TPSA) is 50.5 Å². The highest BCUT2D eigenvalue weighted by Crippen LogP contribution is 2.38. The first-order valence-corrected chi connectivity index (χ1v) is 10.7. The molecular weight excluding hydrogens is 403 g/mol. The second kappa shape index (κ2) is 13.2. The van der Waals surface area contributed by atoms with E-state index in [9.17, 15) is 13.2 Å². The summed E-state index contributed by atoms with van der Waals surface area (Å²) in [5.74, 6) is 0.755. The predicted molar refractivity (Wildman–Crippen MR) is 122 cm³/mol. The molecule has 0 radical (unpaired) electrons. The Morgan fingerprint density at radius 1 is 1.35 bits per heavy atom. The van der Waals surface area contributed by atoms with Crippen molar-refractivity contribution in [2.45, 2.75) is 57.7 Å². The van der Waals surface area contributed by atoms with Gasteiger partial charge >= 0.3 is 6.18 Å². The van der Waals surface area contributed by atoms with Crippen molar-refractivity contribution in [2.75, 3.05) is 13.6 Å². The molecule has 0 aromatic carbocycles. The normalized spacial score (nSPS) is 18.5. The van der Waals surface area contributed by atoms with Crippen LogP contribution < -0.4 is 11.2 Å². The van der Waals surface area contributed by atoms with Crippen LogP contribution in [0.15, 0.2) is 72.9 Å². The largest absolute Gasteiger partial charge is 0.448 e. The van der Waals surface area contributed by atoms with Gasteiger partial charge < -0.3 is 10.5 Å². The number of hydrazine groups is 1. The van der Waals surface area contributed by atoms with Gasteiger partial charge in [-0.3, -0.25) is 5.01 Å². The molecule has 0 amide bonds. The van der Waals surface area contributed by atoms with Gasteiger partial charge in [0.05, 0.1) is 11.8 Å². The zero-order valence-electron chi connectivity index (χ0n) is 18.8. The molecule has 0 saturated heterocycles. The molecule has 1 unspecified atom stereocenters. The lowest BCUT2D eigenvalue weighted by atomic mass is 9.67. The minimum absolute atomic E-state index is 0.146. The number of allylic oxidation sites excluding steroid dienone is 8. The number of alkyl halides is 3. The van der Waals surface area contributed by atoms with Crippen molar-refractivity contribution >= 4 is 0 Å². The summed E-state index contributed by atoms with van der Waals surface area (Å²) in [6.07, 6.45) is 14.0. The van der Waals surface area contributed by atoms with E-state index in [4.69, 9.17) is 10.5 Å². The molecule has 31 heavy (non-hydrogen) atoms. The van der Waals surface area contributed by atoms with Crippen LogP contribution in [0.25, 0.3) is 0 Å². The lowest BCUT2D eigenvalue weighted by molar-refractivity contribution is -0.0881. The Balaban J connectivity index is 2.86. The van der Waals surface area contributed by atoms with Gasteiger partial charge in [0.1, 0.15) is 0 Å². The van der Waals surface area contributed by atoms with E-state index in [0.29, 0.717) is 18.8 Å². The van der Waals surface area contributed by atoms with Crippen LogP contribution >= 0.6 is 0 Å². The standard InChI is InChI=1S/C24H36F3N3O/c1-5-12-20(23(28)17-11-18-23)14-8-9-16-22(30(7-3)29-4)31-19-10-15-21(13-6-2)24(25,26)27/h5-6,8,10,13-16,19-20,29H,1,7,9,11-12,17-18,28H2,2-4H3/b13-6-,14-8+,19-10+,21-15+,22-16+. The van der Waals surface area contributed by atoms with E-state index in [1.54, 1.807) is 12.1 Å². The molecule has 0 heterocycles.